The third-order valence-electron chi connectivity index (χ3n) is 4.81. The van der Waals surface area contributed by atoms with E-state index in [1.165, 1.54) is 37.1 Å². The Morgan fingerprint density at radius 1 is 0.731 bits per heavy atom. The van der Waals surface area contributed by atoms with E-state index in [9.17, 15) is 10.0 Å². The Morgan fingerprint density at radius 3 is 1.65 bits per heavy atom. The predicted octanol–water partition coefficient (Wildman–Crippen LogP) is 3.69. The van der Waals surface area contributed by atoms with E-state index in [0.717, 1.165) is 0 Å². The van der Waals surface area contributed by atoms with Crippen LogP contribution in [0.25, 0.3) is 31.5 Å². The van der Waals surface area contributed by atoms with Crippen molar-refractivity contribution in [1.29, 1.82) is 0 Å². The summed E-state index contributed by atoms with van der Waals surface area (Å²) in [6.45, 7) is 6.80. The summed E-state index contributed by atoms with van der Waals surface area (Å²) >= 11 is -0.0804. The summed E-state index contributed by atoms with van der Waals surface area (Å²) in [7, 11) is -1.37. The molecule has 0 aliphatic carbocycles. The fourth-order valence-corrected chi connectivity index (χ4v) is 5.83. The van der Waals surface area contributed by atoms with Crippen LogP contribution in [-0.4, -0.2) is 31.7 Å². The van der Waals surface area contributed by atoms with Gasteiger partial charge >= 0.3 is 160 Å². The van der Waals surface area contributed by atoms with Gasteiger partial charge in [0.25, 0.3) is 0 Å². The number of rotatable bonds is 2. The third-order valence-corrected chi connectivity index (χ3v) is 7.21. The van der Waals surface area contributed by atoms with Gasteiger partial charge in [-0.25, -0.2) is 0 Å². The van der Waals surface area contributed by atoms with Gasteiger partial charge in [-0.05, 0) is 0 Å². The van der Waals surface area contributed by atoms with E-state index in [1.807, 2.05) is 6.07 Å². The van der Waals surface area contributed by atoms with Crippen molar-refractivity contribution in [2.24, 2.45) is 0 Å². The fraction of sp³-hybridized carbons (Fsp3) is 0.182. The zero-order chi connectivity index (χ0) is 18.5. The molecule has 0 saturated heterocycles. The normalized spacial score (nSPS) is 12.0. The van der Waals surface area contributed by atoms with Crippen molar-refractivity contribution in [3.8, 4) is 10.0 Å². The zero-order valence-electron chi connectivity index (χ0n) is 15.2. The topological polar surface area (TPSA) is 40.5 Å². The van der Waals surface area contributed by atoms with Gasteiger partial charge in [0.2, 0.25) is 0 Å². The first-order valence-corrected chi connectivity index (χ1v) is 10.5. The summed E-state index contributed by atoms with van der Waals surface area (Å²) in [5.41, 5.74) is 2.63. The minimum absolute atomic E-state index is 0.0254. The van der Waals surface area contributed by atoms with Crippen LogP contribution < -0.4 is 4.34 Å². The van der Waals surface area contributed by atoms with E-state index in [4.69, 9.17) is 0 Å². The van der Waals surface area contributed by atoms with Crippen LogP contribution in [-0.2, 0) is 5.41 Å². The summed E-state index contributed by atoms with van der Waals surface area (Å²) in [6, 6.07) is 21.1. The van der Waals surface area contributed by atoms with Crippen LogP contribution in [0.4, 0.5) is 0 Å². The van der Waals surface area contributed by atoms with Crippen molar-refractivity contribution < 1.29 is 10.0 Å². The Balaban J connectivity index is 2.19. The van der Waals surface area contributed by atoms with Crippen LogP contribution in [0.15, 0.2) is 60.7 Å². The molecule has 0 unspecified atom stereocenters. The molecule has 4 heteroatoms. The van der Waals surface area contributed by atoms with Crippen molar-refractivity contribution in [2.45, 2.75) is 26.2 Å². The van der Waals surface area contributed by atoms with Gasteiger partial charge in [-0.1, -0.05) is 0 Å². The molecule has 3 aromatic carbocycles. The number of fused-ring (bicyclic) bond motifs is 2. The maximum atomic E-state index is 9.56. The Kier molecular flexibility index (Phi) is 4.33. The molecule has 0 fully saturated rings. The Morgan fingerprint density at radius 2 is 1.23 bits per heavy atom. The van der Waals surface area contributed by atoms with Crippen molar-refractivity contribution >= 4 is 47.5 Å². The summed E-state index contributed by atoms with van der Waals surface area (Å²) in [5.74, 6) is 0. The average molecular weight is 407 g/mol. The predicted molar refractivity (Wildman–Crippen MR) is 112 cm³/mol. The monoisotopic (exact) mass is 408 g/mol. The van der Waals surface area contributed by atoms with Gasteiger partial charge in [0, 0.05) is 0 Å². The summed E-state index contributed by atoms with van der Waals surface area (Å²) in [5, 5.41) is 24.2. The first-order valence-electron chi connectivity index (χ1n) is 8.78. The van der Waals surface area contributed by atoms with Gasteiger partial charge in [0.1, 0.15) is 0 Å². The second kappa shape index (κ2) is 6.40. The molecule has 0 aliphatic heterocycles. The molecule has 0 bridgehead atoms. The summed E-state index contributed by atoms with van der Waals surface area (Å²) in [4.78, 5) is 0. The quantitative estimate of drug-likeness (QED) is 0.393. The minimum atomic E-state index is -1.37. The van der Waals surface area contributed by atoms with Crippen molar-refractivity contribution in [3.05, 3.63) is 66.2 Å². The summed E-state index contributed by atoms with van der Waals surface area (Å²) < 4.78 is 1.91. The van der Waals surface area contributed by atoms with E-state index in [-0.39, 0.29) is 19.9 Å². The molecule has 2 N–H and O–H groups in total. The van der Waals surface area contributed by atoms with Gasteiger partial charge in [0.15, 0.2) is 0 Å². The molecule has 1 heterocycles. The molecular weight excluding hydrogens is 386 g/mol. The van der Waals surface area contributed by atoms with Crippen LogP contribution in [0.2, 0.25) is 0 Å². The third kappa shape index (κ3) is 2.84. The first kappa shape index (κ1) is 17.6. The van der Waals surface area contributed by atoms with Gasteiger partial charge in [-0.2, -0.15) is 0 Å². The van der Waals surface area contributed by atoms with Gasteiger partial charge < -0.3 is 0 Å². The molecule has 0 spiro atoms. The molecule has 0 saturated carbocycles. The average Bonchev–Trinajstić information content (AvgIpc) is 3.08. The molecule has 2 nitrogen and oxygen atoms in total. The van der Waals surface area contributed by atoms with Gasteiger partial charge in [0.05, 0.1) is 0 Å². The van der Waals surface area contributed by atoms with Crippen LogP contribution in [0.1, 0.15) is 26.3 Å². The molecule has 1 aromatic heterocycles. The zero-order valence-corrected chi connectivity index (χ0v) is 16.9. The second-order valence-corrected chi connectivity index (χ2v) is 10.0. The Hall–Kier alpha value is -1.84. The number of benzene rings is 3. The molecule has 130 valence electrons. The molecule has 0 atom stereocenters. The molecular formula is C22H21BO2Se. The van der Waals surface area contributed by atoms with Crippen molar-refractivity contribution in [1.82, 2.24) is 0 Å². The molecule has 0 amide bonds. The molecule has 26 heavy (non-hydrogen) atoms. The number of hydrogen-bond donors (Lipinski definition) is 2. The van der Waals surface area contributed by atoms with Gasteiger partial charge in [-0.3, -0.25) is 0 Å². The fourth-order valence-electron chi connectivity index (χ4n) is 3.83. The van der Waals surface area contributed by atoms with Gasteiger partial charge in [-0.15, -0.1) is 0 Å². The SMILES string of the molecule is CC(C)(C)c1c2ccccc2c(-c2ccc(B(O)O)[se]2)c2ccccc12. The van der Waals surface area contributed by atoms with E-state index in [1.54, 1.807) is 0 Å². The van der Waals surface area contributed by atoms with Crippen LogP contribution in [0.3, 0.4) is 0 Å². The van der Waals surface area contributed by atoms with Crippen LogP contribution in [0, 0.1) is 0 Å². The van der Waals surface area contributed by atoms with E-state index >= 15 is 0 Å². The van der Waals surface area contributed by atoms with Crippen LogP contribution >= 0.6 is 0 Å². The Labute approximate surface area is 160 Å². The van der Waals surface area contributed by atoms with Crippen LogP contribution in [0.5, 0.6) is 0 Å². The van der Waals surface area contributed by atoms with Crippen molar-refractivity contribution in [2.75, 3.05) is 0 Å². The molecule has 0 radical (unpaired) electrons. The Bertz CT molecular complexity index is 1050. The standard InChI is InChI=1S/C22H21BO2Se/c1-22(2,3)21-16-10-6-4-8-14(16)20(15-9-5-7-11-17(15)21)18-12-13-19(26-18)23(24)25/h4-13,24-25H,1-3H3. The number of hydrogen-bond acceptors (Lipinski definition) is 2. The second-order valence-electron chi connectivity index (χ2n) is 7.67. The maximum absolute atomic E-state index is 9.56. The van der Waals surface area contributed by atoms with E-state index < -0.39 is 7.12 Å². The molecule has 4 rings (SSSR count). The van der Waals surface area contributed by atoms with E-state index in [0.29, 0.717) is 4.34 Å². The molecule has 0 aliphatic rings. The van der Waals surface area contributed by atoms with Crippen molar-refractivity contribution in [3.63, 3.8) is 0 Å². The summed E-state index contributed by atoms with van der Waals surface area (Å²) in [6.07, 6.45) is 0. The first-order chi connectivity index (χ1) is 12.4. The molecule has 4 aromatic rings. The van der Waals surface area contributed by atoms with E-state index in [2.05, 4.69) is 75.4 Å².